The number of rotatable bonds is 4. The van der Waals surface area contributed by atoms with Gasteiger partial charge in [-0.1, -0.05) is 18.1 Å². The Hall–Kier alpha value is -3.51. The van der Waals surface area contributed by atoms with E-state index in [2.05, 4.69) is 31.2 Å². The number of nitrogens with one attached hydrogen (secondary N) is 1. The van der Waals surface area contributed by atoms with Gasteiger partial charge in [-0.15, -0.1) is 6.42 Å². The van der Waals surface area contributed by atoms with Gasteiger partial charge in [0.2, 0.25) is 11.9 Å². The number of sulfone groups is 1. The van der Waals surface area contributed by atoms with Crippen molar-refractivity contribution in [1.82, 2.24) is 19.9 Å². The van der Waals surface area contributed by atoms with Crippen LogP contribution in [-0.2, 0) is 9.84 Å². The normalized spacial score (nSPS) is 10.9. The van der Waals surface area contributed by atoms with Gasteiger partial charge in [0.05, 0.1) is 4.90 Å². The van der Waals surface area contributed by atoms with Crippen molar-refractivity contribution in [3.05, 3.63) is 48.2 Å². The number of hydrogen-bond donors (Lipinski definition) is 2. The Bertz CT molecular complexity index is 1120. The number of pyridine rings is 1. The minimum atomic E-state index is -3.33. The van der Waals surface area contributed by atoms with E-state index >= 15 is 0 Å². The molecule has 130 valence electrons. The van der Waals surface area contributed by atoms with E-state index in [0.29, 0.717) is 17.1 Å². The van der Waals surface area contributed by atoms with Crippen LogP contribution in [-0.4, -0.2) is 34.6 Å². The highest BCUT2D eigenvalue weighted by atomic mass is 32.2. The fourth-order valence-electron chi connectivity index (χ4n) is 2.14. The largest absolute Gasteiger partial charge is 0.368 e. The zero-order chi connectivity index (χ0) is 18.7. The molecule has 0 aliphatic carbocycles. The van der Waals surface area contributed by atoms with Crippen LogP contribution in [0.25, 0.3) is 11.5 Å². The maximum absolute atomic E-state index is 11.7. The molecule has 0 saturated carbocycles. The van der Waals surface area contributed by atoms with E-state index in [4.69, 9.17) is 12.2 Å². The number of terminal acetylenes is 1. The van der Waals surface area contributed by atoms with Crippen molar-refractivity contribution in [1.29, 1.82) is 0 Å². The minimum absolute atomic E-state index is 0.00956. The third kappa shape index (κ3) is 3.93. The molecule has 9 heteroatoms. The summed E-state index contributed by atoms with van der Waals surface area (Å²) in [5, 5.41) is 2.92. The van der Waals surface area contributed by atoms with Crippen LogP contribution in [0.4, 0.5) is 17.6 Å². The molecule has 0 atom stereocenters. The molecule has 3 aromatic rings. The zero-order valence-electron chi connectivity index (χ0n) is 13.7. The number of aromatic nitrogens is 4. The van der Waals surface area contributed by atoms with Crippen molar-refractivity contribution in [2.45, 2.75) is 4.90 Å². The maximum Gasteiger partial charge on any atom is 0.232 e. The predicted octanol–water partition coefficient (Wildman–Crippen LogP) is 1.64. The topological polar surface area (TPSA) is 124 Å². The number of hydrogen-bond acceptors (Lipinski definition) is 8. The molecule has 3 N–H and O–H groups in total. The standard InChI is InChI=1S/C17H14N6O2S/c1-3-11-6-5-9-14(19-11)15-21-16(18)23-17(22-15)20-12-7-4-8-13(10-12)26(2,24)25/h1,4-10H,2H3,(H3,18,20,21,22,23). The fraction of sp³-hybridized carbons (Fsp3) is 0.0588. The Balaban J connectivity index is 1.97. The van der Waals surface area contributed by atoms with Crippen LogP contribution >= 0.6 is 0 Å². The second-order valence-corrected chi connectivity index (χ2v) is 7.33. The van der Waals surface area contributed by atoms with Crippen LogP contribution in [0.3, 0.4) is 0 Å². The van der Waals surface area contributed by atoms with Crippen molar-refractivity contribution in [2.24, 2.45) is 0 Å². The monoisotopic (exact) mass is 366 g/mol. The van der Waals surface area contributed by atoms with Gasteiger partial charge in [0.15, 0.2) is 15.7 Å². The number of nitrogen functional groups attached to an aromatic ring is 1. The van der Waals surface area contributed by atoms with Gasteiger partial charge < -0.3 is 11.1 Å². The van der Waals surface area contributed by atoms with E-state index in [-0.39, 0.29) is 22.6 Å². The molecule has 26 heavy (non-hydrogen) atoms. The summed E-state index contributed by atoms with van der Waals surface area (Å²) in [5.41, 5.74) is 7.14. The lowest BCUT2D eigenvalue weighted by atomic mass is 10.3. The van der Waals surface area contributed by atoms with Gasteiger partial charge in [0, 0.05) is 11.9 Å². The van der Waals surface area contributed by atoms with Crippen molar-refractivity contribution in [3.63, 3.8) is 0 Å². The second-order valence-electron chi connectivity index (χ2n) is 5.32. The van der Waals surface area contributed by atoms with E-state index in [1.165, 1.54) is 12.1 Å². The lowest BCUT2D eigenvalue weighted by molar-refractivity contribution is 0.602. The van der Waals surface area contributed by atoms with Crippen LogP contribution in [0.5, 0.6) is 0 Å². The molecule has 0 aliphatic heterocycles. The van der Waals surface area contributed by atoms with Gasteiger partial charge in [-0.2, -0.15) is 15.0 Å². The average Bonchev–Trinajstić information content (AvgIpc) is 2.61. The lowest BCUT2D eigenvalue weighted by Gasteiger charge is -2.08. The van der Waals surface area contributed by atoms with E-state index in [0.717, 1.165) is 6.26 Å². The first-order valence-electron chi connectivity index (χ1n) is 7.38. The molecule has 0 radical (unpaired) electrons. The summed E-state index contributed by atoms with van der Waals surface area (Å²) >= 11 is 0. The number of benzene rings is 1. The van der Waals surface area contributed by atoms with E-state index in [1.54, 1.807) is 30.3 Å². The fourth-order valence-corrected chi connectivity index (χ4v) is 2.80. The third-order valence-electron chi connectivity index (χ3n) is 3.30. The highest BCUT2D eigenvalue weighted by molar-refractivity contribution is 7.90. The smallest absolute Gasteiger partial charge is 0.232 e. The first kappa shape index (κ1) is 17.3. The molecule has 0 saturated heterocycles. The van der Waals surface area contributed by atoms with E-state index in [1.807, 2.05) is 0 Å². The molecule has 0 bridgehead atoms. The van der Waals surface area contributed by atoms with Crippen LogP contribution in [0.15, 0.2) is 47.4 Å². The van der Waals surface area contributed by atoms with Crippen LogP contribution in [0.1, 0.15) is 5.69 Å². The molecule has 0 spiro atoms. The summed E-state index contributed by atoms with van der Waals surface area (Å²) in [7, 11) is -3.33. The molecule has 8 nitrogen and oxygen atoms in total. The van der Waals surface area contributed by atoms with Gasteiger partial charge in [0.25, 0.3) is 0 Å². The Labute approximate surface area is 150 Å². The Morgan fingerprint density at radius 2 is 1.85 bits per heavy atom. The lowest BCUT2D eigenvalue weighted by Crippen LogP contribution is -2.06. The van der Waals surface area contributed by atoms with E-state index < -0.39 is 9.84 Å². The molecule has 2 heterocycles. The van der Waals surface area contributed by atoms with Gasteiger partial charge >= 0.3 is 0 Å². The molecular formula is C17H14N6O2S. The molecule has 0 amide bonds. The van der Waals surface area contributed by atoms with Gasteiger partial charge in [-0.05, 0) is 30.3 Å². The highest BCUT2D eigenvalue weighted by Crippen LogP contribution is 2.20. The number of anilines is 3. The summed E-state index contributed by atoms with van der Waals surface area (Å²) in [5.74, 6) is 2.84. The van der Waals surface area contributed by atoms with Gasteiger partial charge in [-0.25, -0.2) is 13.4 Å². The van der Waals surface area contributed by atoms with Crippen LogP contribution < -0.4 is 11.1 Å². The molecule has 0 fully saturated rings. The zero-order valence-corrected chi connectivity index (χ0v) is 14.5. The van der Waals surface area contributed by atoms with E-state index in [9.17, 15) is 8.42 Å². The van der Waals surface area contributed by atoms with Crippen molar-refractivity contribution < 1.29 is 8.42 Å². The first-order valence-corrected chi connectivity index (χ1v) is 9.27. The van der Waals surface area contributed by atoms with Crippen LogP contribution in [0, 0.1) is 12.3 Å². The summed E-state index contributed by atoms with van der Waals surface area (Å²) in [6, 6.07) is 11.4. The quantitative estimate of drug-likeness (QED) is 0.668. The van der Waals surface area contributed by atoms with Crippen molar-refractivity contribution >= 4 is 27.4 Å². The maximum atomic E-state index is 11.7. The number of nitrogens with zero attached hydrogens (tertiary/aromatic N) is 4. The SMILES string of the molecule is C#Cc1cccc(-c2nc(N)nc(Nc3cccc(S(C)(=O)=O)c3)n2)n1. The average molecular weight is 366 g/mol. The van der Waals surface area contributed by atoms with Crippen molar-refractivity contribution in [2.75, 3.05) is 17.3 Å². The number of nitrogens with two attached hydrogens (primary N) is 1. The molecule has 1 aromatic carbocycles. The minimum Gasteiger partial charge on any atom is -0.368 e. The summed E-state index contributed by atoms with van der Waals surface area (Å²) in [6.45, 7) is 0. The molecule has 0 aliphatic rings. The second kappa shape index (κ2) is 6.78. The highest BCUT2D eigenvalue weighted by Gasteiger charge is 2.11. The van der Waals surface area contributed by atoms with Crippen LogP contribution in [0.2, 0.25) is 0 Å². The predicted molar refractivity (Wildman–Crippen MR) is 98.2 cm³/mol. The summed E-state index contributed by atoms with van der Waals surface area (Å²) in [6.07, 6.45) is 6.49. The third-order valence-corrected chi connectivity index (χ3v) is 4.41. The molecular weight excluding hydrogens is 352 g/mol. The Morgan fingerprint density at radius 1 is 1.08 bits per heavy atom. The molecule has 2 aromatic heterocycles. The summed E-state index contributed by atoms with van der Waals surface area (Å²) < 4.78 is 23.4. The van der Waals surface area contributed by atoms with Gasteiger partial charge in [0.1, 0.15) is 11.4 Å². The first-order chi connectivity index (χ1) is 12.3. The summed E-state index contributed by atoms with van der Waals surface area (Å²) in [4.78, 5) is 16.8. The molecule has 3 rings (SSSR count). The molecule has 0 unspecified atom stereocenters. The Morgan fingerprint density at radius 3 is 2.58 bits per heavy atom. The van der Waals surface area contributed by atoms with Gasteiger partial charge in [-0.3, -0.25) is 0 Å². The Kier molecular flexibility index (Phi) is 4.51. The van der Waals surface area contributed by atoms with Crippen molar-refractivity contribution in [3.8, 4) is 23.9 Å².